The summed E-state index contributed by atoms with van der Waals surface area (Å²) in [6.07, 6.45) is 6.15. The van der Waals surface area contributed by atoms with Crippen molar-refractivity contribution in [1.29, 1.82) is 0 Å². The van der Waals surface area contributed by atoms with Crippen LogP contribution in [0.5, 0.6) is 0 Å². The Morgan fingerprint density at radius 2 is 1.87 bits per heavy atom. The van der Waals surface area contributed by atoms with Crippen LogP contribution in [0, 0.1) is 6.92 Å². The van der Waals surface area contributed by atoms with Crippen LogP contribution >= 0.6 is 0 Å². The summed E-state index contributed by atoms with van der Waals surface area (Å²) in [7, 11) is 0. The molecule has 2 aromatic heterocycles. The van der Waals surface area contributed by atoms with Crippen molar-refractivity contribution < 1.29 is 9.59 Å². The third-order valence-electron chi connectivity index (χ3n) is 6.12. The molecule has 2 aliphatic heterocycles. The van der Waals surface area contributed by atoms with Crippen LogP contribution in [-0.4, -0.2) is 66.1 Å². The highest BCUT2D eigenvalue weighted by Crippen LogP contribution is 2.40. The number of aromatic nitrogens is 2. The van der Waals surface area contributed by atoms with Crippen LogP contribution in [0.1, 0.15) is 40.2 Å². The van der Waals surface area contributed by atoms with Crippen molar-refractivity contribution in [2.75, 3.05) is 49.1 Å². The van der Waals surface area contributed by atoms with Gasteiger partial charge in [-0.25, -0.2) is 14.8 Å². The van der Waals surface area contributed by atoms with Crippen LogP contribution in [0.15, 0.2) is 30.6 Å². The smallest absolute Gasteiger partial charge is 0.323 e. The van der Waals surface area contributed by atoms with E-state index in [0.717, 1.165) is 18.9 Å². The molecule has 2 aromatic rings. The molecule has 5 rings (SSSR count). The summed E-state index contributed by atoms with van der Waals surface area (Å²) in [5.74, 6) is 2.29. The fourth-order valence-electron chi connectivity index (χ4n) is 4.23. The molecule has 1 aliphatic carbocycles. The van der Waals surface area contributed by atoms with Gasteiger partial charge in [-0.15, -0.1) is 0 Å². The molecule has 4 heterocycles. The first-order valence-electron chi connectivity index (χ1n) is 10.6. The van der Waals surface area contributed by atoms with Crippen molar-refractivity contribution in [1.82, 2.24) is 20.2 Å². The summed E-state index contributed by atoms with van der Waals surface area (Å²) >= 11 is 0. The Balaban J connectivity index is 1.21. The number of anilines is 2. The zero-order chi connectivity index (χ0) is 20.7. The summed E-state index contributed by atoms with van der Waals surface area (Å²) in [6, 6.07) is 5.62. The number of carbonyl (C=O) groups is 2. The van der Waals surface area contributed by atoms with Gasteiger partial charge in [0, 0.05) is 51.7 Å². The molecule has 8 heteroatoms. The van der Waals surface area contributed by atoms with Crippen LogP contribution in [-0.2, 0) is 0 Å². The summed E-state index contributed by atoms with van der Waals surface area (Å²) in [4.78, 5) is 39.4. The topological polar surface area (TPSA) is 81.7 Å². The first kappa shape index (κ1) is 18.8. The van der Waals surface area contributed by atoms with Crippen LogP contribution in [0.4, 0.5) is 16.4 Å². The number of aryl methyl sites for hydroxylation is 1. The largest absolute Gasteiger partial charge is 0.353 e. The van der Waals surface area contributed by atoms with E-state index < -0.39 is 0 Å². The molecule has 8 nitrogen and oxygen atoms in total. The second kappa shape index (κ2) is 7.59. The van der Waals surface area contributed by atoms with Gasteiger partial charge in [-0.1, -0.05) is 6.07 Å². The molecule has 0 radical (unpaired) electrons. The van der Waals surface area contributed by atoms with Crippen LogP contribution < -0.4 is 15.1 Å². The third kappa shape index (κ3) is 3.58. The zero-order valence-electron chi connectivity index (χ0n) is 17.2. The van der Waals surface area contributed by atoms with E-state index in [1.54, 1.807) is 23.2 Å². The van der Waals surface area contributed by atoms with E-state index in [4.69, 9.17) is 4.98 Å². The molecule has 0 aromatic carbocycles. The summed E-state index contributed by atoms with van der Waals surface area (Å²) in [6.45, 7) is 6.17. The minimum atomic E-state index is -0.147. The molecule has 1 saturated carbocycles. The van der Waals surface area contributed by atoms with Crippen LogP contribution in [0.25, 0.3) is 0 Å². The monoisotopic (exact) mass is 406 g/mol. The van der Waals surface area contributed by atoms with Crippen molar-refractivity contribution in [3.63, 3.8) is 0 Å². The van der Waals surface area contributed by atoms with Gasteiger partial charge in [0.15, 0.2) is 0 Å². The first-order chi connectivity index (χ1) is 14.6. The van der Waals surface area contributed by atoms with Gasteiger partial charge in [0.1, 0.15) is 11.6 Å². The van der Waals surface area contributed by atoms with Gasteiger partial charge in [0.05, 0.1) is 5.56 Å². The van der Waals surface area contributed by atoms with E-state index in [0.29, 0.717) is 43.5 Å². The maximum absolute atomic E-state index is 12.9. The van der Waals surface area contributed by atoms with Gasteiger partial charge in [-0.05, 0) is 48.9 Å². The Kier molecular flexibility index (Phi) is 4.77. The van der Waals surface area contributed by atoms with E-state index in [1.165, 1.54) is 24.0 Å². The Morgan fingerprint density at radius 3 is 2.47 bits per heavy atom. The van der Waals surface area contributed by atoms with Crippen LogP contribution in [0.3, 0.4) is 0 Å². The number of rotatable bonds is 4. The van der Waals surface area contributed by atoms with E-state index >= 15 is 0 Å². The molecule has 3 aliphatic rings. The lowest BCUT2D eigenvalue weighted by Crippen LogP contribution is -2.49. The molecule has 2 saturated heterocycles. The van der Waals surface area contributed by atoms with E-state index in [2.05, 4.69) is 28.2 Å². The lowest BCUT2D eigenvalue weighted by molar-refractivity contribution is 0.0746. The molecular weight excluding hydrogens is 380 g/mol. The van der Waals surface area contributed by atoms with Crippen molar-refractivity contribution in [2.24, 2.45) is 0 Å². The predicted molar refractivity (Wildman–Crippen MR) is 114 cm³/mol. The number of amides is 3. The molecular formula is C22H26N6O2. The average molecular weight is 406 g/mol. The normalized spacial score (nSPS) is 19.2. The maximum atomic E-state index is 12.9. The molecule has 0 atom stereocenters. The second-order valence-corrected chi connectivity index (χ2v) is 8.25. The highest BCUT2D eigenvalue weighted by atomic mass is 16.2. The predicted octanol–water partition coefficient (Wildman–Crippen LogP) is 2.15. The molecule has 0 spiro atoms. The number of hydrogen-bond acceptors (Lipinski definition) is 5. The second-order valence-electron chi connectivity index (χ2n) is 8.25. The standard InChI is InChI=1S/C22H26N6O2/c1-15-12-18(16-2-3-16)14-25-20(15)26-8-10-27(11-9-26)21(29)17-4-5-19(24-13-17)28-7-6-23-22(28)30/h4-5,12-14,16H,2-3,6-11H2,1H3,(H,23,30). The van der Waals surface area contributed by atoms with Gasteiger partial charge < -0.3 is 15.1 Å². The quantitative estimate of drug-likeness (QED) is 0.842. The first-order valence-corrected chi connectivity index (χ1v) is 10.6. The van der Waals surface area contributed by atoms with Gasteiger partial charge in [0.2, 0.25) is 0 Å². The number of nitrogens with zero attached hydrogens (tertiary/aromatic N) is 5. The van der Waals surface area contributed by atoms with Crippen molar-refractivity contribution in [3.05, 3.63) is 47.3 Å². The molecule has 156 valence electrons. The number of hydrogen-bond donors (Lipinski definition) is 1. The lowest BCUT2D eigenvalue weighted by atomic mass is 10.1. The van der Waals surface area contributed by atoms with Crippen molar-refractivity contribution in [3.8, 4) is 0 Å². The Hall–Kier alpha value is -3.16. The molecule has 3 fully saturated rings. The van der Waals surface area contributed by atoms with Gasteiger partial charge in [0.25, 0.3) is 5.91 Å². The summed E-state index contributed by atoms with van der Waals surface area (Å²) in [5.41, 5.74) is 3.12. The number of piperazine rings is 1. The number of carbonyl (C=O) groups excluding carboxylic acids is 2. The Labute approximate surface area is 175 Å². The Bertz CT molecular complexity index is 964. The van der Waals surface area contributed by atoms with Gasteiger partial charge in [-0.3, -0.25) is 9.69 Å². The minimum absolute atomic E-state index is 0.0201. The van der Waals surface area contributed by atoms with Gasteiger partial charge >= 0.3 is 6.03 Å². The average Bonchev–Trinajstić information content (AvgIpc) is 3.54. The lowest BCUT2D eigenvalue weighted by Gasteiger charge is -2.36. The molecule has 3 amide bonds. The molecule has 0 bridgehead atoms. The van der Waals surface area contributed by atoms with E-state index in [-0.39, 0.29) is 11.9 Å². The fraction of sp³-hybridized carbons (Fsp3) is 0.455. The number of nitrogens with one attached hydrogen (secondary N) is 1. The fourth-order valence-corrected chi connectivity index (χ4v) is 4.23. The SMILES string of the molecule is Cc1cc(C2CC2)cnc1N1CCN(C(=O)c2ccc(N3CCNC3=O)nc2)CC1. The third-order valence-corrected chi connectivity index (χ3v) is 6.12. The summed E-state index contributed by atoms with van der Waals surface area (Å²) in [5, 5.41) is 2.75. The highest BCUT2D eigenvalue weighted by molar-refractivity contribution is 5.96. The minimum Gasteiger partial charge on any atom is -0.353 e. The molecule has 1 N–H and O–H groups in total. The zero-order valence-corrected chi connectivity index (χ0v) is 17.2. The summed E-state index contributed by atoms with van der Waals surface area (Å²) < 4.78 is 0. The molecule has 30 heavy (non-hydrogen) atoms. The maximum Gasteiger partial charge on any atom is 0.323 e. The highest BCUT2D eigenvalue weighted by Gasteiger charge is 2.27. The number of pyridine rings is 2. The van der Waals surface area contributed by atoms with Crippen LogP contribution in [0.2, 0.25) is 0 Å². The van der Waals surface area contributed by atoms with Crippen molar-refractivity contribution >= 4 is 23.6 Å². The van der Waals surface area contributed by atoms with E-state index in [1.807, 2.05) is 11.1 Å². The molecule has 0 unspecified atom stereocenters. The van der Waals surface area contributed by atoms with Gasteiger partial charge in [-0.2, -0.15) is 0 Å². The van der Waals surface area contributed by atoms with Crippen molar-refractivity contribution in [2.45, 2.75) is 25.7 Å². The Morgan fingerprint density at radius 1 is 1.07 bits per heavy atom. The number of urea groups is 1. The van der Waals surface area contributed by atoms with E-state index in [9.17, 15) is 9.59 Å².